The maximum atomic E-state index is 12.9. The molecule has 1 aliphatic heterocycles. The Hall–Kier alpha value is -3.15. The van der Waals surface area contributed by atoms with Crippen LogP contribution in [-0.4, -0.2) is 39.9 Å². The second-order valence-electron chi connectivity index (χ2n) is 6.47. The zero-order valence-corrected chi connectivity index (χ0v) is 14.3. The summed E-state index contributed by atoms with van der Waals surface area (Å²) in [7, 11) is 0. The number of hydrogen-bond donors (Lipinski definition) is 2. The SMILES string of the molecule is O=C(c1nc2ccccc2[nH]c1=O)N1CCC[C@@H]1CNc1ccccc1. The second-order valence-corrected chi connectivity index (χ2v) is 6.47. The molecule has 6 nitrogen and oxygen atoms in total. The molecule has 2 N–H and O–H groups in total. The molecule has 0 spiro atoms. The molecule has 2 heterocycles. The molecule has 6 heteroatoms. The molecule has 1 saturated heterocycles. The van der Waals surface area contributed by atoms with Gasteiger partial charge in [-0.1, -0.05) is 30.3 Å². The van der Waals surface area contributed by atoms with Crippen LogP contribution in [0.5, 0.6) is 0 Å². The van der Waals surface area contributed by atoms with Gasteiger partial charge < -0.3 is 15.2 Å². The van der Waals surface area contributed by atoms with Crippen molar-refractivity contribution in [2.75, 3.05) is 18.4 Å². The number of likely N-dealkylation sites (tertiary alicyclic amines) is 1. The Bertz CT molecular complexity index is 984. The summed E-state index contributed by atoms with van der Waals surface area (Å²) in [6, 6.07) is 17.2. The van der Waals surface area contributed by atoms with Gasteiger partial charge in [0.2, 0.25) is 0 Å². The summed E-state index contributed by atoms with van der Waals surface area (Å²) < 4.78 is 0. The van der Waals surface area contributed by atoms with E-state index in [4.69, 9.17) is 0 Å². The number of amides is 1. The minimum absolute atomic E-state index is 0.0321. The molecule has 1 aromatic heterocycles. The molecule has 1 atom stereocenters. The van der Waals surface area contributed by atoms with Crippen molar-refractivity contribution in [2.45, 2.75) is 18.9 Å². The number of para-hydroxylation sites is 3. The first-order chi connectivity index (χ1) is 12.7. The summed E-state index contributed by atoms with van der Waals surface area (Å²) >= 11 is 0. The standard InChI is InChI=1S/C20H20N4O2/c25-19-18(22-16-10-4-5-11-17(16)23-19)20(26)24-12-6-9-15(24)13-21-14-7-2-1-3-8-14/h1-5,7-8,10-11,15,21H,6,9,12-13H2,(H,23,25)/t15-/m1/s1. The molecule has 2 aromatic carbocycles. The van der Waals surface area contributed by atoms with E-state index in [0.717, 1.165) is 18.5 Å². The summed E-state index contributed by atoms with van der Waals surface area (Å²) in [5.74, 6) is -0.297. The third-order valence-corrected chi connectivity index (χ3v) is 4.76. The largest absolute Gasteiger partial charge is 0.383 e. The van der Waals surface area contributed by atoms with Crippen LogP contribution in [0.3, 0.4) is 0 Å². The van der Waals surface area contributed by atoms with Crippen LogP contribution in [0.1, 0.15) is 23.3 Å². The minimum atomic E-state index is -0.435. The highest BCUT2D eigenvalue weighted by molar-refractivity contribution is 5.94. The average Bonchev–Trinajstić information content (AvgIpc) is 3.15. The maximum Gasteiger partial charge on any atom is 0.280 e. The maximum absolute atomic E-state index is 12.9. The number of aromatic amines is 1. The Morgan fingerprint density at radius 2 is 1.92 bits per heavy atom. The fourth-order valence-electron chi connectivity index (χ4n) is 3.42. The number of benzene rings is 2. The zero-order chi connectivity index (χ0) is 17.9. The van der Waals surface area contributed by atoms with Gasteiger partial charge in [0.25, 0.3) is 11.5 Å². The molecule has 0 radical (unpaired) electrons. The molecule has 132 valence electrons. The van der Waals surface area contributed by atoms with Gasteiger partial charge in [-0.3, -0.25) is 9.59 Å². The van der Waals surface area contributed by atoms with Gasteiger partial charge in [0.15, 0.2) is 5.69 Å². The molecular formula is C20H20N4O2. The molecule has 1 amide bonds. The Morgan fingerprint density at radius 1 is 1.15 bits per heavy atom. The van der Waals surface area contributed by atoms with E-state index in [1.807, 2.05) is 42.5 Å². The first-order valence-corrected chi connectivity index (χ1v) is 8.81. The summed E-state index contributed by atoms with van der Waals surface area (Å²) in [5, 5.41) is 3.37. The number of rotatable bonds is 4. The monoisotopic (exact) mass is 348 g/mol. The lowest BCUT2D eigenvalue weighted by molar-refractivity contribution is 0.0736. The molecule has 1 fully saturated rings. The van der Waals surface area contributed by atoms with Crippen LogP contribution < -0.4 is 10.9 Å². The van der Waals surface area contributed by atoms with Crippen LogP contribution in [0.4, 0.5) is 5.69 Å². The van der Waals surface area contributed by atoms with Gasteiger partial charge in [-0.25, -0.2) is 4.98 Å². The predicted molar refractivity (Wildman–Crippen MR) is 101 cm³/mol. The van der Waals surface area contributed by atoms with Crippen molar-refractivity contribution in [1.82, 2.24) is 14.9 Å². The van der Waals surface area contributed by atoms with Gasteiger partial charge in [0.05, 0.1) is 11.0 Å². The third kappa shape index (κ3) is 3.18. The number of nitrogens with one attached hydrogen (secondary N) is 2. The van der Waals surface area contributed by atoms with E-state index in [0.29, 0.717) is 24.1 Å². The molecule has 3 aromatic rings. The van der Waals surface area contributed by atoms with E-state index >= 15 is 0 Å². The topological polar surface area (TPSA) is 78.1 Å². The number of carbonyl (C=O) groups excluding carboxylic acids is 1. The van der Waals surface area contributed by atoms with E-state index in [2.05, 4.69) is 15.3 Å². The van der Waals surface area contributed by atoms with Crippen molar-refractivity contribution in [3.63, 3.8) is 0 Å². The number of anilines is 1. The quantitative estimate of drug-likeness (QED) is 0.760. The summed E-state index contributed by atoms with van der Waals surface area (Å²) in [6.07, 6.45) is 1.84. The predicted octanol–water partition coefficient (Wildman–Crippen LogP) is 2.64. The number of fused-ring (bicyclic) bond motifs is 1. The lowest BCUT2D eigenvalue weighted by Gasteiger charge is -2.24. The molecular weight excluding hydrogens is 328 g/mol. The van der Waals surface area contributed by atoms with Crippen LogP contribution in [0.2, 0.25) is 0 Å². The lowest BCUT2D eigenvalue weighted by Crippen LogP contribution is -2.42. The summed E-state index contributed by atoms with van der Waals surface area (Å²) in [5.41, 5.74) is 1.81. The van der Waals surface area contributed by atoms with Gasteiger partial charge in [-0.05, 0) is 37.1 Å². The Morgan fingerprint density at radius 3 is 2.77 bits per heavy atom. The van der Waals surface area contributed by atoms with E-state index in [1.165, 1.54) is 0 Å². The second kappa shape index (κ2) is 7.00. The van der Waals surface area contributed by atoms with E-state index in [9.17, 15) is 9.59 Å². The van der Waals surface area contributed by atoms with Crippen molar-refractivity contribution < 1.29 is 4.79 Å². The highest BCUT2D eigenvalue weighted by Crippen LogP contribution is 2.20. The first-order valence-electron chi connectivity index (χ1n) is 8.81. The van der Waals surface area contributed by atoms with Crippen molar-refractivity contribution in [3.05, 3.63) is 70.6 Å². The van der Waals surface area contributed by atoms with Crippen molar-refractivity contribution >= 4 is 22.6 Å². The molecule has 1 aliphatic rings. The fraction of sp³-hybridized carbons (Fsp3) is 0.250. The van der Waals surface area contributed by atoms with Crippen molar-refractivity contribution in [2.24, 2.45) is 0 Å². The Balaban J connectivity index is 1.55. The molecule has 0 saturated carbocycles. The zero-order valence-electron chi connectivity index (χ0n) is 14.3. The van der Waals surface area contributed by atoms with Crippen molar-refractivity contribution in [3.8, 4) is 0 Å². The van der Waals surface area contributed by atoms with Gasteiger partial charge in [-0.2, -0.15) is 0 Å². The van der Waals surface area contributed by atoms with Gasteiger partial charge in [0, 0.05) is 24.8 Å². The Kier molecular flexibility index (Phi) is 4.39. The van der Waals surface area contributed by atoms with Gasteiger partial charge >= 0.3 is 0 Å². The number of H-pyrrole nitrogens is 1. The minimum Gasteiger partial charge on any atom is -0.383 e. The molecule has 0 unspecified atom stereocenters. The van der Waals surface area contributed by atoms with Crippen LogP contribution in [0, 0.1) is 0 Å². The molecule has 26 heavy (non-hydrogen) atoms. The number of aromatic nitrogens is 2. The normalized spacial score (nSPS) is 16.8. The van der Waals surface area contributed by atoms with Crippen LogP contribution in [0.25, 0.3) is 11.0 Å². The summed E-state index contributed by atoms with van der Waals surface area (Å²) in [4.78, 5) is 34.1. The molecule has 0 bridgehead atoms. The molecule has 4 rings (SSSR count). The summed E-state index contributed by atoms with van der Waals surface area (Å²) in [6.45, 7) is 1.30. The Labute approximate surface area is 150 Å². The van der Waals surface area contributed by atoms with Crippen LogP contribution >= 0.6 is 0 Å². The average molecular weight is 348 g/mol. The lowest BCUT2D eigenvalue weighted by atomic mass is 10.2. The number of hydrogen-bond acceptors (Lipinski definition) is 4. The fourth-order valence-corrected chi connectivity index (χ4v) is 3.42. The highest BCUT2D eigenvalue weighted by Gasteiger charge is 2.31. The van der Waals surface area contributed by atoms with E-state index < -0.39 is 5.56 Å². The van der Waals surface area contributed by atoms with Crippen molar-refractivity contribution in [1.29, 1.82) is 0 Å². The molecule has 0 aliphatic carbocycles. The third-order valence-electron chi connectivity index (χ3n) is 4.76. The van der Waals surface area contributed by atoms with Gasteiger partial charge in [-0.15, -0.1) is 0 Å². The highest BCUT2D eigenvalue weighted by atomic mass is 16.2. The smallest absolute Gasteiger partial charge is 0.280 e. The van der Waals surface area contributed by atoms with E-state index in [1.54, 1.807) is 17.0 Å². The first kappa shape index (κ1) is 16.3. The van der Waals surface area contributed by atoms with Crippen LogP contribution in [-0.2, 0) is 0 Å². The van der Waals surface area contributed by atoms with E-state index in [-0.39, 0.29) is 17.6 Å². The van der Waals surface area contributed by atoms with Crippen LogP contribution in [0.15, 0.2) is 59.4 Å². The number of nitrogens with zero attached hydrogens (tertiary/aromatic N) is 2. The van der Waals surface area contributed by atoms with Gasteiger partial charge in [0.1, 0.15) is 0 Å². The number of carbonyl (C=O) groups is 1.